The van der Waals surface area contributed by atoms with Crippen LogP contribution in [-0.4, -0.2) is 40.6 Å². The van der Waals surface area contributed by atoms with Gasteiger partial charge in [-0.05, 0) is 49.8 Å². The fraction of sp³-hybridized carbons (Fsp3) is 0.565. The van der Waals surface area contributed by atoms with E-state index in [1.807, 2.05) is 11.1 Å². The van der Waals surface area contributed by atoms with Crippen LogP contribution in [0.15, 0.2) is 18.3 Å². The molecule has 0 bridgehead atoms. The average molecular weight is 384 g/mol. The monoisotopic (exact) mass is 383 g/mol. The number of amides is 1. The lowest BCUT2D eigenvalue weighted by Gasteiger charge is -2.25. The van der Waals surface area contributed by atoms with Crippen LogP contribution < -0.4 is 4.74 Å². The van der Waals surface area contributed by atoms with E-state index < -0.39 is 0 Å². The Morgan fingerprint density at radius 1 is 1.21 bits per heavy atom. The molecule has 5 nitrogen and oxygen atoms in total. The summed E-state index contributed by atoms with van der Waals surface area (Å²) in [5.74, 6) is 2.52. The quantitative estimate of drug-likeness (QED) is 0.707. The Labute approximate surface area is 168 Å². The third kappa shape index (κ3) is 4.08. The summed E-state index contributed by atoms with van der Waals surface area (Å²) in [7, 11) is 1.73. The molecule has 28 heavy (non-hydrogen) atoms. The molecule has 2 aromatic rings. The topological polar surface area (TPSA) is 47.4 Å². The van der Waals surface area contributed by atoms with Gasteiger partial charge in [0.25, 0.3) is 5.91 Å². The van der Waals surface area contributed by atoms with Crippen molar-refractivity contribution >= 4 is 5.91 Å². The van der Waals surface area contributed by atoms with Crippen molar-refractivity contribution in [2.24, 2.45) is 0 Å². The number of nitrogens with zero attached hydrogens (tertiary/aromatic N) is 3. The summed E-state index contributed by atoms with van der Waals surface area (Å²) in [5.41, 5.74) is 4.31. The maximum Gasteiger partial charge on any atom is 0.274 e. The predicted octanol–water partition coefficient (Wildman–Crippen LogP) is 4.50. The molecule has 0 N–H and O–H groups in total. The lowest BCUT2D eigenvalue weighted by Crippen LogP contribution is -2.32. The van der Waals surface area contributed by atoms with Gasteiger partial charge in [-0.15, -0.1) is 0 Å². The second-order valence-electron chi connectivity index (χ2n) is 7.91. The van der Waals surface area contributed by atoms with E-state index in [4.69, 9.17) is 4.74 Å². The van der Waals surface area contributed by atoms with Crippen molar-refractivity contribution in [1.29, 1.82) is 0 Å². The highest BCUT2D eigenvalue weighted by molar-refractivity contribution is 5.92. The third-order valence-electron chi connectivity index (χ3n) is 5.64. The smallest absolute Gasteiger partial charge is 0.274 e. The molecule has 1 atom stereocenters. The first kappa shape index (κ1) is 20.4. The van der Waals surface area contributed by atoms with E-state index in [0.29, 0.717) is 11.6 Å². The Kier molecular flexibility index (Phi) is 6.42. The number of imidazole rings is 1. The van der Waals surface area contributed by atoms with Crippen molar-refractivity contribution in [3.63, 3.8) is 0 Å². The number of rotatable bonds is 7. The van der Waals surface area contributed by atoms with Crippen LogP contribution in [0.3, 0.4) is 0 Å². The Morgan fingerprint density at radius 2 is 1.86 bits per heavy atom. The summed E-state index contributed by atoms with van der Waals surface area (Å²) >= 11 is 0. The summed E-state index contributed by atoms with van der Waals surface area (Å²) < 4.78 is 7.70. The first-order chi connectivity index (χ1) is 13.5. The number of benzene rings is 1. The molecular formula is C23H33N3O2. The van der Waals surface area contributed by atoms with Gasteiger partial charge in [0.15, 0.2) is 0 Å². The van der Waals surface area contributed by atoms with Gasteiger partial charge in [-0.25, -0.2) is 4.98 Å². The molecule has 1 unspecified atom stereocenters. The number of hydrogen-bond acceptors (Lipinski definition) is 3. The molecule has 1 aromatic carbocycles. The van der Waals surface area contributed by atoms with E-state index in [1.165, 1.54) is 16.7 Å². The number of aryl methyl sites for hydroxylation is 3. The van der Waals surface area contributed by atoms with E-state index >= 15 is 0 Å². The largest absolute Gasteiger partial charge is 0.496 e. The van der Waals surface area contributed by atoms with Crippen LogP contribution in [0.4, 0.5) is 0 Å². The molecule has 0 aliphatic carbocycles. The van der Waals surface area contributed by atoms with Crippen LogP contribution in [0.2, 0.25) is 0 Å². The average Bonchev–Trinajstić information content (AvgIpc) is 3.10. The standard InChI is InChI=1S/C23H33N3O2/c1-6-10-25(11-7-2)23(27)20-15-26-14-18(8-9-21(26)24-20)19-12-16(3)22(28-5)17(4)13-19/h12-13,15,18H,6-11,14H2,1-5H3. The number of aromatic nitrogens is 2. The first-order valence-electron chi connectivity index (χ1n) is 10.5. The molecule has 1 aliphatic heterocycles. The van der Waals surface area contributed by atoms with Gasteiger partial charge in [0.2, 0.25) is 0 Å². The highest BCUT2D eigenvalue weighted by atomic mass is 16.5. The summed E-state index contributed by atoms with van der Waals surface area (Å²) in [6.45, 7) is 10.9. The predicted molar refractivity (Wildman–Crippen MR) is 112 cm³/mol. The summed E-state index contributed by atoms with van der Waals surface area (Å²) in [5, 5.41) is 0. The highest BCUT2D eigenvalue weighted by Gasteiger charge is 2.25. The van der Waals surface area contributed by atoms with Gasteiger partial charge in [0.1, 0.15) is 17.3 Å². The molecule has 0 saturated heterocycles. The van der Waals surface area contributed by atoms with Crippen molar-refractivity contribution in [2.45, 2.75) is 65.8 Å². The Hall–Kier alpha value is -2.30. The fourth-order valence-electron chi connectivity index (χ4n) is 4.38. The summed E-state index contributed by atoms with van der Waals surface area (Å²) in [6, 6.07) is 4.49. The normalized spacial score (nSPS) is 16.0. The molecule has 0 saturated carbocycles. The van der Waals surface area contributed by atoms with Crippen molar-refractivity contribution in [2.75, 3.05) is 20.2 Å². The van der Waals surface area contributed by atoms with Crippen LogP contribution in [0.25, 0.3) is 0 Å². The fourth-order valence-corrected chi connectivity index (χ4v) is 4.38. The van der Waals surface area contributed by atoms with Crippen LogP contribution >= 0.6 is 0 Å². The van der Waals surface area contributed by atoms with Crippen molar-refractivity contribution in [3.8, 4) is 5.75 Å². The number of carbonyl (C=O) groups excluding carboxylic acids is 1. The first-order valence-corrected chi connectivity index (χ1v) is 10.5. The van der Waals surface area contributed by atoms with Crippen molar-refractivity contribution in [1.82, 2.24) is 14.5 Å². The van der Waals surface area contributed by atoms with Crippen molar-refractivity contribution in [3.05, 3.63) is 46.5 Å². The number of carbonyl (C=O) groups is 1. The van der Waals surface area contributed by atoms with E-state index in [1.54, 1.807) is 7.11 Å². The van der Waals surface area contributed by atoms with E-state index in [9.17, 15) is 4.79 Å². The Morgan fingerprint density at radius 3 is 2.43 bits per heavy atom. The zero-order valence-corrected chi connectivity index (χ0v) is 17.9. The molecule has 3 rings (SSSR count). The van der Waals surface area contributed by atoms with E-state index in [-0.39, 0.29) is 5.91 Å². The van der Waals surface area contributed by atoms with Gasteiger partial charge in [-0.3, -0.25) is 4.79 Å². The second kappa shape index (κ2) is 8.80. The van der Waals surface area contributed by atoms with Gasteiger partial charge in [-0.1, -0.05) is 26.0 Å². The minimum Gasteiger partial charge on any atom is -0.496 e. The Balaban J connectivity index is 1.80. The lowest BCUT2D eigenvalue weighted by molar-refractivity contribution is 0.0750. The summed E-state index contributed by atoms with van der Waals surface area (Å²) in [6.07, 6.45) is 5.87. The molecule has 2 heterocycles. The molecule has 0 fully saturated rings. The Bertz CT molecular complexity index is 811. The number of ether oxygens (including phenoxy) is 1. The minimum absolute atomic E-state index is 0.0679. The van der Waals surface area contributed by atoms with Crippen LogP contribution in [0.1, 0.15) is 72.0 Å². The number of methoxy groups -OCH3 is 1. The van der Waals surface area contributed by atoms with Gasteiger partial charge >= 0.3 is 0 Å². The van der Waals surface area contributed by atoms with Gasteiger partial charge < -0.3 is 14.2 Å². The van der Waals surface area contributed by atoms with Crippen molar-refractivity contribution < 1.29 is 9.53 Å². The second-order valence-corrected chi connectivity index (χ2v) is 7.91. The molecule has 1 amide bonds. The third-order valence-corrected chi connectivity index (χ3v) is 5.64. The lowest BCUT2D eigenvalue weighted by atomic mass is 9.89. The molecule has 0 spiro atoms. The SMILES string of the molecule is CCCN(CCC)C(=O)c1cn2c(n1)CCC(c1cc(C)c(OC)c(C)c1)C2. The molecule has 5 heteroatoms. The van der Waals surface area contributed by atoms with Crippen LogP contribution in [0.5, 0.6) is 5.75 Å². The molecular weight excluding hydrogens is 350 g/mol. The molecule has 0 radical (unpaired) electrons. The van der Waals surface area contributed by atoms with Crippen LogP contribution in [-0.2, 0) is 13.0 Å². The van der Waals surface area contributed by atoms with Gasteiger partial charge in [0.05, 0.1) is 7.11 Å². The molecule has 152 valence electrons. The molecule has 1 aromatic heterocycles. The van der Waals surface area contributed by atoms with Gasteiger partial charge in [-0.2, -0.15) is 0 Å². The van der Waals surface area contributed by atoms with E-state index in [0.717, 1.165) is 56.9 Å². The zero-order chi connectivity index (χ0) is 20.3. The number of fused-ring (bicyclic) bond motifs is 1. The maximum absolute atomic E-state index is 12.9. The maximum atomic E-state index is 12.9. The zero-order valence-electron chi connectivity index (χ0n) is 17.9. The minimum atomic E-state index is 0.0679. The van der Waals surface area contributed by atoms with Gasteiger partial charge in [0, 0.05) is 38.2 Å². The van der Waals surface area contributed by atoms with E-state index in [2.05, 4.69) is 49.4 Å². The number of hydrogen-bond donors (Lipinski definition) is 0. The summed E-state index contributed by atoms with van der Waals surface area (Å²) in [4.78, 5) is 19.5. The highest BCUT2D eigenvalue weighted by Crippen LogP contribution is 2.33. The molecule has 1 aliphatic rings. The van der Waals surface area contributed by atoms with Crippen LogP contribution in [0, 0.1) is 13.8 Å².